The van der Waals surface area contributed by atoms with Gasteiger partial charge < -0.3 is 10.1 Å². The summed E-state index contributed by atoms with van der Waals surface area (Å²) in [7, 11) is 0. The first kappa shape index (κ1) is 19.6. The number of benzene rings is 3. The fourth-order valence-electron chi connectivity index (χ4n) is 3.71. The summed E-state index contributed by atoms with van der Waals surface area (Å²) >= 11 is 0. The molecular formula is C25H17FN4O2. The van der Waals surface area contributed by atoms with E-state index in [9.17, 15) is 14.3 Å². The molecule has 5 rings (SSSR count). The first-order valence-electron chi connectivity index (χ1n) is 9.93. The van der Waals surface area contributed by atoms with Crippen molar-refractivity contribution in [3.63, 3.8) is 0 Å². The van der Waals surface area contributed by atoms with Gasteiger partial charge in [0.05, 0.1) is 22.3 Å². The van der Waals surface area contributed by atoms with Gasteiger partial charge in [0.2, 0.25) is 5.88 Å². The fourth-order valence-corrected chi connectivity index (χ4v) is 3.71. The maximum atomic E-state index is 13.3. The van der Waals surface area contributed by atoms with Crippen LogP contribution in [0, 0.1) is 12.7 Å². The van der Waals surface area contributed by atoms with Gasteiger partial charge in [0, 0.05) is 16.3 Å². The second-order valence-electron chi connectivity index (χ2n) is 7.40. The molecule has 7 heteroatoms. The molecule has 0 unspecified atom stereocenters. The van der Waals surface area contributed by atoms with Crippen molar-refractivity contribution in [3.8, 4) is 17.1 Å². The minimum atomic E-state index is -0.576. The van der Waals surface area contributed by atoms with Gasteiger partial charge in [-0.1, -0.05) is 36.4 Å². The summed E-state index contributed by atoms with van der Waals surface area (Å²) in [5.74, 6) is -1.08. The lowest BCUT2D eigenvalue weighted by Crippen LogP contribution is -1.99. The third-order valence-electron chi connectivity index (χ3n) is 5.32. The third kappa shape index (κ3) is 3.39. The van der Waals surface area contributed by atoms with Gasteiger partial charge in [-0.15, -0.1) is 10.2 Å². The number of fused-ring (bicyclic) bond motifs is 2. The second-order valence-corrected chi connectivity index (χ2v) is 7.40. The van der Waals surface area contributed by atoms with E-state index in [1.807, 2.05) is 31.2 Å². The predicted octanol–water partition coefficient (Wildman–Crippen LogP) is 6.46. The molecule has 3 aromatic carbocycles. The minimum absolute atomic E-state index is 0.155. The third-order valence-corrected chi connectivity index (χ3v) is 5.32. The van der Waals surface area contributed by atoms with E-state index in [1.54, 1.807) is 36.4 Å². The molecule has 2 heterocycles. The highest BCUT2D eigenvalue weighted by atomic mass is 19.1. The summed E-state index contributed by atoms with van der Waals surface area (Å²) in [6, 6.07) is 20.3. The van der Waals surface area contributed by atoms with Crippen LogP contribution in [0.2, 0.25) is 0 Å². The van der Waals surface area contributed by atoms with Crippen LogP contribution >= 0.6 is 0 Å². The molecule has 2 N–H and O–H groups in total. The molecule has 32 heavy (non-hydrogen) atoms. The Morgan fingerprint density at radius 1 is 1.00 bits per heavy atom. The van der Waals surface area contributed by atoms with E-state index in [-0.39, 0.29) is 17.4 Å². The quantitative estimate of drug-likeness (QED) is 0.326. The van der Waals surface area contributed by atoms with Crippen molar-refractivity contribution in [3.05, 3.63) is 89.7 Å². The van der Waals surface area contributed by atoms with Crippen LogP contribution in [-0.4, -0.2) is 21.0 Å². The van der Waals surface area contributed by atoms with E-state index in [4.69, 9.17) is 0 Å². The number of carbonyl (C=O) groups is 1. The normalized spacial score (nSPS) is 11.6. The topological polar surface area (TPSA) is 90.7 Å². The van der Waals surface area contributed by atoms with E-state index in [0.29, 0.717) is 33.1 Å². The van der Waals surface area contributed by atoms with Gasteiger partial charge in [0.25, 0.3) is 5.91 Å². The molecule has 0 fully saturated rings. The number of rotatable bonds is 3. The average Bonchev–Trinajstić information content (AvgIpc) is 3.13. The number of aryl methyl sites for hydroxylation is 1. The van der Waals surface area contributed by atoms with Crippen molar-refractivity contribution in [1.29, 1.82) is 0 Å². The number of H-pyrrole nitrogens is 1. The number of aromatic nitrogens is 2. The number of nitrogens with one attached hydrogen (secondary N) is 1. The van der Waals surface area contributed by atoms with Crippen molar-refractivity contribution in [2.75, 3.05) is 0 Å². The minimum Gasteiger partial charge on any atom is -0.493 e. The molecule has 2 aromatic heterocycles. The van der Waals surface area contributed by atoms with Crippen LogP contribution in [0.3, 0.4) is 0 Å². The molecule has 0 aliphatic rings. The monoisotopic (exact) mass is 424 g/mol. The summed E-state index contributed by atoms with van der Waals surface area (Å²) in [6.45, 7) is 1.91. The highest BCUT2D eigenvalue weighted by molar-refractivity contribution is 6.07. The number of para-hydroxylation sites is 2. The Morgan fingerprint density at radius 2 is 1.75 bits per heavy atom. The maximum Gasteiger partial charge on any atom is 0.296 e. The van der Waals surface area contributed by atoms with E-state index in [2.05, 4.69) is 20.2 Å². The highest BCUT2D eigenvalue weighted by Crippen LogP contribution is 2.37. The lowest BCUT2D eigenvalue weighted by atomic mass is 10.0. The lowest BCUT2D eigenvalue weighted by molar-refractivity contribution is 0.0996. The van der Waals surface area contributed by atoms with Crippen molar-refractivity contribution >= 4 is 33.4 Å². The Morgan fingerprint density at radius 3 is 2.56 bits per heavy atom. The molecule has 0 aliphatic heterocycles. The number of nitrogens with zero attached hydrogens (tertiary/aromatic N) is 3. The first-order chi connectivity index (χ1) is 15.5. The molecular weight excluding hydrogens is 407 g/mol. The zero-order valence-electron chi connectivity index (χ0n) is 17.0. The number of pyridine rings is 1. The van der Waals surface area contributed by atoms with Gasteiger partial charge in [0.15, 0.2) is 5.69 Å². The molecule has 0 aliphatic carbocycles. The van der Waals surface area contributed by atoms with E-state index in [1.165, 1.54) is 12.1 Å². The van der Waals surface area contributed by atoms with Crippen LogP contribution in [0.15, 0.2) is 83.0 Å². The number of azo groups is 1. The molecule has 6 nitrogen and oxygen atoms in total. The van der Waals surface area contributed by atoms with E-state index >= 15 is 0 Å². The zero-order valence-corrected chi connectivity index (χ0v) is 17.0. The lowest BCUT2D eigenvalue weighted by Gasteiger charge is -2.07. The summed E-state index contributed by atoms with van der Waals surface area (Å²) in [6.07, 6.45) is 0. The number of aromatic amines is 1. The Kier molecular flexibility index (Phi) is 4.71. The second kappa shape index (κ2) is 7.70. The fraction of sp³-hybridized carbons (Fsp3) is 0.0400. The van der Waals surface area contributed by atoms with Crippen molar-refractivity contribution < 1.29 is 14.3 Å². The molecule has 0 saturated carbocycles. The SMILES string of the molecule is Cc1cccc2c(N=NC(=O)c3cc(-c4ccc(F)cc4)nc4ccccc34)c(O)[nH]c12. The van der Waals surface area contributed by atoms with Gasteiger partial charge in [-0.25, -0.2) is 9.37 Å². The van der Waals surface area contributed by atoms with Gasteiger partial charge in [-0.3, -0.25) is 4.79 Å². The molecule has 0 radical (unpaired) electrons. The highest BCUT2D eigenvalue weighted by Gasteiger charge is 2.16. The van der Waals surface area contributed by atoms with Crippen molar-refractivity contribution in [2.45, 2.75) is 6.92 Å². The van der Waals surface area contributed by atoms with Crippen molar-refractivity contribution in [1.82, 2.24) is 9.97 Å². The van der Waals surface area contributed by atoms with Gasteiger partial charge in [-0.2, -0.15) is 0 Å². The maximum absolute atomic E-state index is 13.3. The molecule has 156 valence electrons. The predicted molar refractivity (Wildman–Crippen MR) is 121 cm³/mol. The van der Waals surface area contributed by atoms with E-state index in [0.717, 1.165) is 11.1 Å². The molecule has 0 saturated heterocycles. The Labute approximate surface area is 182 Å². The number of halogens is 1. The summed E-state index contributed by atoms with van der Waals surface area (Å²) in [4.78, 5) is 20.5. The molecule has 0 bridgehead atoms. The largest absolute Gasteiger partial charge is 0.493 e. The first-order valence-corrected chi connectivity index (χ1v) is 9.93. The number of hydrogen-bond acceptors (Lipinski definition) is 4. The standard InChI is InChI=1S/C25H17FN4O2/c1-14-5-4-7-18-22(14)28-25(32)23(18)29-30-24(31)19-13-21(15-9-11-16(26)12-10-15)27-20-8-3-2-6-17(19)20/h2-13,28,32H,1H3. The molecule has 5 aromatic rings. The Balaban J connectivity index is 1.60. The zero-order chi connectivity index (χ0) is 22.2. The molecule has 0 spiro atoms. The van der Waals surface area contributed by atoms with Gasteiger partial charge >= 0.3 is 0 Å². The van der Waals surface area contributed by atoms with Crippen LogP contribution in [0.1, 0.15) is 15.9 Å². The summed E-state index contributed by atoms with van der Waals surface area (Å²) in [5, 5.41) is 19.5. The number of amides is 1. The summed E-state index contributed by atoms with van der Waals surface area (Å²) in [5.41, 5.74) is 4.00. The van der Waals surface area contributed by atoms with Crippen LogP contribution in [-0.2, 0) is 0 Å². The number of aromatic hydroxyl groups is 1. The van der Waals surface area contributed by atoms with Crippen molar-refractivity contribution in [2.24, 2.45) is 10.2 Å². The van der Waals surface area contributed by atoms with Gasteiger partial charge in [-0.05, 0) is 48.9 Å². The smallest absolute Gasteiger partial charge is 0.296 e. The Hall–Kier alpha value is -4.39. The number of carbonyl (C=O) groups excluding carboxylic acids is 1. The number of hydrogen-bond donors (Lipinski definition) is 2. The van der Waals surface area contributed by atoms with E-state index < -0.39 is 5.91 Å². The van der Waals surface area contributed by atoms with Crippen LogP contribution in [0.5, 0.6) is 5.88 Å². The van der Waals surface area contributed by atoms with Crippen LogP contribution in [0.4, 0.5) is 10.1 Å². The molecule has 0 atom stereocenters. The average molecular weight is 424 g/mol. The van der Waals surface area contributed by atoms with Crippen LogP contribution < -0.4 is 0 Å². The van der Waals surface area contributed by atoms with Crippen LogP contribution in [0.25, 0.3) is 33.1 Å². The van der Waals surface area contributed by atoms with Gasteiger partial charge in [0.1, 0.15) is 5.82 Å². The summed E-state index contributed by atoms with van der Waals surface area (Å²) < 4.78 is 13.3. The Bertz CT molecular complexity index is 1520. The molecule has 1 amide bonds.